The van der Waals surface area contributed by atoms with Crippen LogP contribution in [0.15, 0.2) is 18.2 Å². The minimum absolute atomic E-state index is 0.0805. The van der Waals surface area contributed by atoms with Crippen molar-refractivity contribution in [2.24, 2.45) is 0 Å². The molecule has 0 unspecified atom stereocenters. The molecular formula is C11H12BrClN2O3. The molecular weight excluding hydrogens is 323 g/mol. The van der Waals surface area contributed by atoms with Crippen molar-refractivity contribution in [1.82, 2.24) is 5.32 Å². The Morgan fingerprint density at radius 3 is 2.78 bits per heavy atom. The second-order valence-corrected chi connectivity index (χ2v) is 4.74. The van der Waals surface area contributed by atoms with Gasteiger partial charge in [-0.05, 0) is 18.9 Å². The monoisotopic (exact) mass is 334 g/mol. The third-order valence-corrected chi connectivity index (χ3v) is 3.14. The summed E-state index contributed by atoms with van der Waals surface area (Å²) in [5.41, 5.74) is -0.358. The van der Waals surface area contributed by atoms with Gasteiger partial charge in [-0.2, -0.15) is 0 Å². The van der Waals surface area contributed by atoms with E-state index in [4.69, 9.17) is 11.6 Å². The van der Waals surface area contributed by atoms with E-state index in [2.05, 4.69) is 21.2 Å². The van der Waals surface area contributed by atoms with Gasteiger partial charge in [0.15, 0.2) is 0 Å². The summed E-state index contributed by atoms with van der Waals surface area (Å²) in [7, 11) is 0. The van der Waals surface area contributed by atoms with Crippen LogP contribution in [0.5, 0.6) is 0 Å². The Balaban J connectivity index is 2.81. The van der Waals surface area contributed by atoms with E-state index in [9.17, 15) is 14.9 Å². The van der Waals surface area contributed by atoms with E-state index < -0.39 is 10.8 Å². The van der Waals surface area contributed by atoms with E-state index in [1.165, 1.54) is 18.2 Å². The van der Waals surface area contributed by atoms with Gasteiger partial charge < -0.3 is 5.32 Å². The second-order valence-electron chi connectivity index (χ2n) is 3.54. The number of halogens is 2. The number of nitro benzene ring substituents is 1. The summed E-state index contributed by atoms with van der Waals surface area (Å²) in [6.07, 6.45) is 1.72. The van der Waals surface area contributed by atoms with E-state index >= 15 is 0 Å². The molecule has 1 rings (SSSR count). The molecule has 1 aromatic rings. The van der Waals surface area contributed by atoms with Crippen molar-refractivity contribution in [3.63, 3.8) is 0 Å². The van der Waals surface area contributed by atoms with Crippen LogP contribution in [-0.2, 0) is 0 Å². The summed E-state index contributed by atoms with van der Waals surface area (Å²) >= 11 is 9.12. The maximum Gasteiger partial charge on any atom is 0.283 e. The molecule has 0 aliphatic heterocycles. The van der Waals surface area contributed by atoms with Gasteiger partial charge in [-0.25, -0.2) is 0 Å². The number of nitrogens with one attached hydrogen (secondary N) is 1. The fourth-order valence-corrected chi connectivity index (χ4v) is 2.05. The molecule has 0 spiro atoms. The third-order valence-electron chi connectivity index (χ3n) is 2.26. The highest BCUT2D eigenvalue weighted by molar-refractivity contribution is 9.09. The molecule has 0 bridgehead atoms. The minimum Gasteiger partial charge on any atom is -0.352 e. The number of carbonyl (C=O) groups is 1. The molecule has 18 heavy (non-hydrogen) atoms. The Morgan fingerprint density at radius 2 is 2.17 bits per heavy atom. The number of hydrogen-bond donors (Lipinski definition) is 1. The molecule has 5 nitrogen and oxygen atoms in total. The van der Waals surface area contributed by atoms with Gasteiger partial charge in [0.1, 0.15) is 5.56 Å². The SMILES string of the molecule is O=C(NCCCCBr)c1c(Cl)cccc1[N+](=O)[O-]. The van der Waals surface area contributed by atoms with Gasteiger partial charge in [0.05, 0.1) is 9.95 Å². The highest BCUT2D eigenvalue weighted by Gasteiger charge is 2.22. The van der Waals surface area contributed by atoms with Crippen LogP contribution in [0.3, 0.4) is 0 Å². The quantitative estimate of drug-likeness (QED) is 0.376. The predicted molar refractivity (Wildman–Crippen MR) is 73.5 cm³/mol. The number of unbranched alkanes of at least 4 members (excludes halogenated alkanes) is 1. The highest BCUT2D eigenvalue weighted by atomic mass is 79.9. The van der Waals surface area contributed by atoms with Gasteiger partial charge in [-0.1, -0.05) is 33.6 Å². The predicted octanol–water partition coefficient (Wildman–Crippen LogP) is 3.15. The zero-order chi connectivity index (χ0) is 13.5. The van der Waals surface area contributed by atoms with Crippen molar-refractivity contribution < 1.29 is 9.72 Å². The number of hydrogen-bond acceptors (Lipinski definition) is 3. The van der Waals surface area contributed by atoms with Crippen LogP contribution in [-0.4, -0.2) is 22.7 Å². The first-order chi connectivity index (χ1) is 8.57. The number of nitro groups is 1. The van der Waals surface area contributed by atoms with E-state index in [0.29, 0.717) is 6.54 Å². The lowest BCUT2D eigenvalue weighted by Crippen LogP contribution is -2.25. The van der Waals surface area contributed by atoms with Gasteiger partial charge in [0.25, 0.3) is 11.6 Å². The van der Waals surface area contributed by atoms with Crippen molar-refractivity contribution in [1.29, 1.82) is 0 Å². The molecule has 1 aromatic carbocycles. The zero-order valence-electron chi connectivity index (χ0n) is 9.49. The molecule has 0 heterocycles. The van der Waals surface area contributed by atoms with E-state index in [0.717, 1.165) is 18.2 Å². The summed E-state index contributed by atoms with van der Waals surface area (Å²) in [4.78, 5) is 22.0. The molecule has 1 N–H and O–H groups in total. The molecule has 0 aliphatic carbocycles. The van der Waals surface area contributed by atoms with Crippen LogP contribution in [0.1, 0.15) is 23.2 Å². The van der Waals surface area contributed by atoms with E-state index in [-0.39, 0.29) is 16.3 Å². The standard InChI is InChI=1S/C11H12BrClN2O3/c12-6-1-2-7-14-11(16)10-8(13)4-3-5-9(10)15(17)18/h3-5H,1-2,6-7H2,(H,14,16). The Hall–Kier alpha value is -1.14. The number of rotatable bonds is 6. The first kappa shape index (κ1) is 14.9. The van der Waals surface area contributed by atoms with Crippen molar-refractivity contribution in [2.75, 3.05) is 11.9 Å². The minimum atomic E-state index is -0.612. The molecule has 0 aromatic heterocycles. The summed E-state index contributed by atoms with van der Waals surface area (Å²) in [6.45, 7) is 0.465. The Bertz CT molecular complexity index is 454. The van der Waals surface area contributed by atoms with Gasteiger partial charge in [-0.15, -0.1) is 0 Å². The summed E-state index contributed by atoms with van der Waals surface area (Å²) in [6, 6.07) is 4.17. The maximum atomic E-state index is 11.8. The van der Waals surface area contributed by atoms with E-state index in [1.807, 2.05) is 0 Å². The lowest BCUT2D eigenvalue weighted by molar-refractivity contribution is -0.385. The van der Waals surface area contributed by atoms with Gasteiger partial charge in [0.2, 0.25) is 0 Å². The average Bonchev–Trinajstić information content (AvgIpc) is 2.34. The van der Waals surface area contributed by atoms with Crippen LogP contribution in [0.25, 0.3) is 0 Å². The lowest BCUT2D eigenvalue weighted by Gasteiger charge is -2.06. The van der Waals surface area contributed by atoms with Crippen LogP contribution in [0.4, 0.5) is 5.69 Å². The first-order valence-corrected chi connectivity index (χ1v) is 6.85. The molecule has 0 radical (unpaired) electrons. The number of carbonyl (C=O) groups excluding carboxylic acids is 1. The summed E-state index contributed by atoms with van der Waals surface area (Å²) in [5, 5.41) is 14.4. The van der Waals surface area contributed by atoms with Crippen LogP contribution >= 0.6 is 27.5 Å². The Labute approximate surface area is 118 Å². The van der Waals surface area contributed by atoms with Gasteiger partial charge in [0, 0.05) is 17.9 Å². The fourth-order valence-electron chi connectivity index (χ4n) is 1.40. The Morgan fingerprint density at radius 1 is 1.44 bits per heavy atom. The molecule has 0 atom stereocenters. The van der Waals surface area contributed by atoms with Gasteiger partial charge in [-0.3, -0.25) is 14.9 Å². The van der Waals surface area contributed by atoms with Crippen LogP contribution in [0, 0.1) is 10.1 Å². The van der Waals surface area contributed by atoms with Crippen LogP contribution < -0.4 is 5.32 Å². The van der Waals surface area contributed by atoms with Crippen LogP contribution in [0.2, 0.25) is 5.02 Å². The molecule has 0 saturated carbocycles. The van der Waals surface area contributed by atoms with Gasteiger partial charge >= 0.3 is 0 Å². The summed E-state index contributed by atoms with van der Waals surface area (Å²) in [5.74, 6) is -0.512. The number of alkyl halides is 1. The summed E-state index contributed by atoms with van der Waals surface area (Å²) < 4.78 is 0. The topological polar surface area (TPSA) is 72.2 Å². The smallest absolute Gasteiger partial charge is 0.283 e. The fraction of sp³-hybridized carbons (Fsp3) is 0.364. The Kier molecular flexibility index (Phi) is 6.07. The number of nitrogens with zero attached hydrogens (tertiary/aromatic N) is 1. The molecule has 1 amide bonds. The van der Waals surface area contributed by atoms with Crippen molar-refractivity contribution in [3.05, 3.63) is 38.9 Å². The highest BCUT2D eigenvalue weighted by Crippen LogP contribution is 2.25. The first-order valence-electron chi connectivity index (χ1n) is 5.35. The molecule has 98 valence electrons. The van der Waals surface area contributed by atoms with Crippen molar-refractivity contribution >= 4 is 39.1 Å². The average molecular weight is 336 g/mol. The molecule has 0 aliphatic rings. The molecule has 7 heteroatoms. The molecule has 0 fully saturated rings. The second kappa shape index (κ2) is 7.33. The largest absolute Gasteiger partial charge is 0.352 e. The van der Waals surface area contributed by atoms with Crippen molar-refractivity contribution in [3.8, 4) is 0 Å². The van der Waals surface area contributed by atoms with Crippen molar-refractivity contribution in [2.45, 2.75) is 12.8 Å². The third kappa shape index (κ3) is 3.96. The van der Waals surface area contributed by atoms with E-state index in [1.54, 1.807) is 0 Å². The number of amides is 1. The zero-order valence-corrected chi connectivity index (χ0v) is 11.8. The molecule has 0 saturated heterocycles. The normalized spacial score (nSPS) is 10.1. The lowest BCUT2D eigenvalue weighted by atomic mass is 10.1. The number of benzene rings is 1. The maximum absolute atomic E-state index is 11.8.